The quantitative estimate of drug-likeness (QED) is 0.638. The number of carboxylic acids is 1. The molecule has 7 heteroatoms. The highest BCUT2D eigenvalue weighted by Crippen LogP contribution is 2.24. The van der Waals surface area contributed by atoms with E-state index in [1.54, 1.807) is 18.2 Å². The summed E-state index contributed by atoms with van der Waals surface area (Å²) in [7, 11) is 0. The summed E-state index contributed by atoms with van der Waals surface area (Å²) in [6, 6.07) is 5.59. The second-order valence-corrected chi connectivity index (χ2v) is 7.29. The van der Waals surface area contributed by atoms with Gasteiger partial charge in [0.1, 0.15) is 17.4 Å². The smallest absolute Gasteiger partial charge is 0.336 e. The molecule has 0 aliphatic heterocycles. The summed E-state index contributed by atoms with van der Waals surface area (Å²) in [5.41, 5.74) is 0.866. The van der Waals surface area contributed by atoms with Gasteiger partial charge in [0.2, 0.25) is 0 Å². The molecule has 0 unspecified atom stereocenters. The number of amides is 1. The van der Waals surface area contributed by atoms with Crippen molar-refractivity contribution in [2.75, 3.05) is 0 Å². The number of aryl methyl sites for hydroxylation is 1. The van der Waals surface area contributed by atoms with Gasteiger partial charge in [-0.15, -0.1) is 0 Å². The lowest BCUT2D eigenvalue weighted by molar-refractivity contribution is -0.143. The molecule has 2 aromatic rings. The van der Waals surface area contributed by atoms with E-state index in [4.69, 9.17) is 9.15 Å². The Kier molecular flexibility index (Phi) is 7.20. The standard InChI is InChI=1S/C21H27NO6/c1-5-6-14-10-19(23)28-18-11-15(7-8-16(14)18)27-13(4)20(24)22-17(21(25)26)9-12(2)3/h7-8,10-13,17H,5-6,9H2,1-4H3,(H,22,24)(H,25,26)/t13-,17-/m1/s1. The van der Waals surface area contributed by atoms with Gasteiger partial charge in [-0.1, -0.05) is 27.2 Å². The molecule has 0 saturated heterocycles. The van der Waals surface area contributed by atoms with Crippen molar-refractivity contribution in [2.45, 2.75) is 59.1 Å². The molecule has 0 aliphatic carbocycles. The van der Waals surface area contributed by atoms with E-state index in [2.05, 4.69) is 5.32 Å². The summed E-state index contributed by atoms with van der Waals surface area (Å²) in [5.74, 6) is -1.11. The van der Waals surface area contributed by atoms with Gasteiger partial charge in [0, 0.05) is 17.5 Å². The van der Waals surface area contributed by atoms with Crippen LogP contribution in [0.2, 0.25) is 0 Å². The number of carbonyl (C=O) groups is 2. The lowest BCUT2D eigenvalue weighted by atomic mass is 10.0. The average molecular weight is 389 g/mol. The molecule has 2 rings (SSSR count). The van der Waals surface area contributed by atoms with Crippen molar-refractivity contribution >= 4 is 22.8 Å². The number of benzene rings is 1. The van der Waals surface area contributed by atoms with Crippen LogP contribution in [0.4, 0.5) is 0 Å². The van der Waals surface area contributed by atoms with Gasteiger partial charge in [0.05, 0.1) is 0 Å². The Morgan fingerprint density at radius 1 is 1.21 bits per heavy atom. The minimum atomic E-state index is -1.08. The first-order valence-corrected chi connectivity index (χ1v) is 9.47. The molecule has 152 valence electrons. The van der Waals surface area contributed by atoms with Gasteiger partial charge in [0.25, 0.3) is 5.91 Å². The SMILES string of the molecule is CCCc1cc(=O)oc2cc(O[C@H](C)C(=O)N[C@H](CC(C)C)C(=O)O)ccc12. The summed E-state index contributed by atoms with van der Waals surface area (Å²) in [5, 5.41) is 12.6. The monoisotopic (exact) mass is 389 g/mol. The van der Waals surface area contributed by atoms with Gasteiger partial charge in [-0.05, 0) is 43.4 Å². The molecular weight excluding hydrogens is 362 g/mol. The third kappa shape index (κ3) is 5.58. The Bertz CT molecular complexity index is 901. The maximum absolute atomic E-state index is 12.3. The number of aliphatic carboxylic acids is 1. The van der Waals surface area contributed by atoms with E-state index in [9.17, 15) is 19.5 Å². The minimum Gasteiger partial charge on any atom is -0.481 e. The van der Waals surface area contributed by atoms with E-state index in [1.807, 2.05) is 20.8 Å². The van der Waals surface area contributed by atoms with Gasteiger partial charge < -0.3 is 19.6 Å². The second kappa shape index (κ2) is 9.39. The molecule has 0 bridgehead atoms. The highest BCUT2D eigenvalue weighted by atomic mass is 16.5. The number of hydrogen-bond acceptors (Lipinski definition) is 5. The third-order valence-electron chi connectivity index (χ3n) is 4.32. The normalized spacial score (nSPS) is 13.3. The number of hydrogen-bond donors (Lipinski definition) is 2. The number of rotatable bonds is 9. The van der Waals surface area contributed by atoms with Crippen LogP contribution in [0.25, 0.3) is 11.0 Å². The summed E-state index contributed by atoms with van der Waals surface area (Å²) in [6.07, 6.45) is 1.08. The van der Waals surface area contributed by atoms with E-state index in [1.165, 1.54) is 13.0 Å². The maximum Gasteiger partial charge on any atom is 0.336 e. The molecule has 2 N–H and O–H groups in total. The molecule has 1 aromatic heterocycles. The Labute approximate surface area is 163 Å². The zero-order valence-corrected chi connectivity index (χ0v) is 16.7. The van der Waals surface area contributed by atoms with Gasteiger partial charge in [-0.25, -0.2) is 9.59 Å². The average Bonchev–Trinajstić information content (AvgIpc) is 2.60. The lowest BCUT2D eigenvalue weighted by Crippen LogP contribution is -2.46. The molecular formula is C21H27NO6. The van der Waals surface area contributed by atoms with Crippen LogP contribution in [0, 0.1) is 5.92 Å². The Balaban J connectivity index is 2.15. The van der Waals surface area contributed by atoms with Crippen molar-refractivity contribution in [1.29, 1.82) is 0 Å². The van der Waals surface area contributed by atoms with E-state index in [0.29, 0.717) is 17.8 Å². The van der Waals surface area contributed by atoms with Crippen LogP contribution in [0.15, 0.2) is 33.5 Å². The maximum atomic E-state index is 12.3. The number of fused-ring (bicyclic) bond motifs is 1. The highest BCUT2D eigenvalue weighted by Gasteiger charge is 2.24. The van der Waals surface area contributed by atoms with Gasteiger partial charge in [0.15, 0.2) is 6.10 Å². The molecule has 0 aliphatic rings. The largest absolute Gasteiger partial charge is 0.481 e. The van der Waals surface area contributed by atoms with E-state index < -0.39 is 29.6 Å². The van der Waals surface area contributed by atoms with Crippen molar-refractivity contribution in [3.05, 3.63) is 40.2 Å². The zero-order valence-electron chi connectivity index (χ0n) is 16.7. The predicted octanol–water partition coefficient (Wildman–Crippen LogP) is 3.13. The molecule has 1 heterocycles. The fraction of sp³-hybridized carbons (Fsp3) is 0.476. The molecule has 7 nitrogen and oxygen atoms in total. The Morgan fingerprint density at radius 3 is 2.54 bits per heavy atom. The van der Waals surface area contributed by atoms with E-state index >= 15 is 0 Å². The van der Waals surface area contributed by atoms with Crippen LogP contribution in [-0.4, -0.2) is 29.1 Å². The van der Waals surface area contributed by atoms with Crippen molar-refractivity contribution in [2.24, 2.45) is 5.92 Å². The van der Waals surface area contributed by atoms with Crippen molar-refractivity contribution in [3.8, 4) is 5.75 Å². The first-order chi connectivity index (χ1) is 13.2. The fourth-order valence-electron chi connectivity index (χ4n) is 3.00. The van der Waals surface area contributed by atoms with E-state index in [-0.39, 0.29) is 5.92 Å². The molecule has 1 amide bonds. The summed E-state index contributed by atoms with van der Waals surface area (Å²) in [4.78, 5) is 35.4. The van der Waals surface area contributed by atoms with Crippen LogP contribution in [0.5, 0.6) is 5.75 Å². The minimum absolute atomic E-state index is 0.123. The van der Waals surface area contributed by atoms with Gasteiger partial charge >= 0.3 is 11.6 Å². The van der Waals surface area contributed by atoms with Gasteiger partial charge in [-0.3, -0.25) is 4.79 Å². The molecule has 0 fully saturated rings. The lowest BCUT2D eigenvalue weighted by Gasteiger charge is -2.20. The van der Waals surface area contributed by atoms with Crippen molar-refractivity contribution in [3.63, 3.8) is 0 Å². The fourth-order valence-corrected chi connectivity index (χ4v) is 3.00. The number of carboxylic acid groups (broad SMARTS) is 1. The van der Waals surface area contributed by atoms with Gasteiger partial charge in [-0.2, -0.15) is 0 Å². The molecule has 2 atom stereocenters. The third-order valence-corrected chi connectivity index (χ3v) is 4.32. The second-order valence-electron chi connectivity index (χ2n) is 7.29. The Morgan fingerprint density at radius 2 is 1.93 bits per heavy atom. The number of carbonyl (C=O) groups excluding carboxylic acids is 1. The Hall–Kier alpha value is -2.83. The van der Waals surface area contributed by atoms with Crippen molar-refractivity contribution < 1.29 is 23.8 Å². The predicted molar refractivity (Wildman–Crippen MR) is 106 cm³/mol. The van der Waals surface area contributed by atoms with E-state index in [0.717, 1.165) is 23.8 Å². The molecule has 28 heavy (non-hydrogen) atoms. The summed E-state index contributed by atoms with van der Waals surface area (Å²) in [6.45, 7) is 7.34. The highest BCUT2D eigenvalue weighted by molar-refractivity contribution is 5.86. The van der Waals surface area contributed by atoms with Crippen LogP contribution in [0.3, 0.4) is 0 Å². The van der Waals surface area contributed by atoms with Crippen LogP contribution in [0.1, 0.15) is 46.1 Å². The zero-order chi connectivity index (χ0) is 20.8. The molecule has 0 spiro atoms. The number of nitrogens with one attached hydrogen (secondary N) is 1. The topological polar surface area (TPSA) is 106 Å². The first-order valence-electron chi connectivity index (χ1n) is 9.47. The molecule has 0 radical (unpaired) electrons. The number of ether oxygens (including phenoxy) is 1. The van der Waals surface area contributed by atoms with Crippen molar-refractivity contribution in [1.82, 2.24) is 5.32 Å². The first kappa shape index (κ1) is 21.5. The van der Waals surface area contributed by atoms with Crippen LogP contribution < -0.4 is 15.7 Å². The molecule has 0 saturated carbocycles. The summed E-state index contributed by atoms with van der Waals surface area (Å²) >= 11 is 0. The van der Waals surface area contributed by atoms with Crippen LogP contribution in [-0.2, 0) is 16.0 Å². The summed E-state index contributed by atoms with van der Waals surface area (Å²) < 4.78 is 10.9. The van der Waals surface area contributed by atoms with Crippen LogP contribution >= 0.6 is 0 Å². The molecule has 1 aromatic carbocycles.